The average Bonchev–Trinajstić information content (AvgIpc) is 2.39. The number of nitrogens with zero attached hydrogens (tertiary/aromatic N) is 1. The molecule has 84 valence electrons. The summed E-state index contributed by atoms with van der Waals surface area (Å²) in [6.07, 6.45) is 1.07. The van der Waals surface area contributed by atoms with Crippen LogP contribution >= 0.6 is 0 Å². The van der Waals surface area contributed by atoms with Gasteiger partial charge in [0, 0.05) is 18.7 Å². The number of methoxy groups -OCH3 is 1. The molecule has 0 fully saturated rings. The molecule has 0 saturated heterocycles. The molecule has 0 atom stereocenters. The maximum Gasteiger partial charge on any atom is 0.337 e. The molecule has 1 aliphatic rings. The van der Waals surface area contributed by atoms with Crippen LogP contribution in [0.4, 0.5) is 0 Å². The zero-order chi connectivity index (χ0) is 11.4. The van der Waals surface area contributed by atoms with E-state index in [2.05, 4.69) is 15.0 Å². The summed E-state index contributed by atoms with van der Waals surface area (Å²) >= 11 is 0. The summed E-state index contributed by atoms with van der Waals surface area (Å²) in [6.45, 7) is 1.82. The molecule has 1 heterocycles. The third-order valence-electron chi connectivity index (χ3n) is 2.48. The largest absolute Gasteiger partial charge is 0.465 e. The minimum atomic E-state index is -0.315. The number of carbonyl (C=O) groups excluding carboxylic acids is 1. The van der Waals surface area contributed by atoms with Gasteiger partial charge in [-0.2, -0.15) is 0 Å². The molecule has 4 heteroatoms. The first-order valence-electron chi connectivity index (χ1n) is 5.28. The van der Waals surface area contributed by atoms with E-state index in [0.29, 0.717) is 5.56 Å². The molecule has 4 nitrogen and oxygen atoms in total. The Kier molecular flexibility index (Phi) is 3.19. The van der Waals surface area contributed by atoms with Crippen molar-refractivity contribution in [2.75, 3.05) is 20.2 Å². The lowest BCUT2D eigenvalue weighted by Gasteiger charge is -2.14. The van der Waals surface area contributed by atoms with Crippen molar-refractivity contribution in [1.82, 2.24) is 5.32 Å². The van der Waals surface area contributed by atoms with Gasteiger partial charge >= 0.3 is 5.97 Å². The fourth-order valence-electron chi connectivity index (χ4n) is 1.61. The van der Waals surface area contributed by atoms with Gasteiger partial charge in [0.05, 0.1) is 12.7 Å². The molecular weight excluding hydrogens is 204 g/mol. The summed E-state index contributed by atoms with van der Waals surface area (Å²) in [7, 11) is 1.38. The van der Waals surface area contributed by atoms with Crippen LogP contribution in [-0.2, 0) is 4.74 Å². The van der Waals surface area contributed by atoms with Crippen LogP contribution < -0.4 is 5.32 Å². The molecular formula is C12H14N2O2. The molecule has 1 aliphatic heterocycles. The first-order chi connectivity index (χ1) is 7.81. The van der Waals surface area contributed by atoms with E-state index in [1.54, 1.807) is 12.1 Å². The van der Waals surface area contributed by atoms with E-state index in [1.807, 2.05) is 12.1 Å². The zero-order valence-corrected chi connectivity index (χ0v) is 9.19. The minimum absolute atomic E-state index is 0.315. The van der Waals surface area contributed by atoms with Gasteiger partial charge in [-0.3, -0.25) is 4.99 Å². The van der Waals surface area contributed by atoms with Gasteiger partial charge in [-0.25, -0.2) is 4.79 Å². The molecule has 16 heavy (non-hydrogen) atoms. The predicted molar refractivity (Wildman–Crippen MR) is 61.8 cm³/mol. The van der Waals surface area contributed by atoms with Crippen LogP contribution in [0.15, 0.2) is 29.3 Å². The Balaban J connectivity index is 2.18. The van der Waals surface area contributed by atoms with Crippen LogP contribution in [0.3, 0.4) is 0 Å². The molecule has 1 aromatic carbocycles. The third kappa shape index (κ3) is 2.21. The van der Waals surface area contributed by atoms with Crippen molar-refractivity contribution in [3.8, 4) is 0 Å². The van der Waals surface area contributed by atoms with Crippen LogP contribution in [0.25, 0.3) is 0 Å². The van der Waals surface area contributed by atoms with Crippen LogP contribution in [0.1, 0.15) is 22.3 Å². The van der Waals surface area contributed by atoms with Gasteiger partial charge in [0.25, 0.3) is 0 Å². The molecule has 0 radical (unpaired) electrons. The smallest absolute Gasteiger partial charge is 0.337 e. The molecule has 2 rings (SSSR count). The number of hydrogen-bond donors (Lipinski definition) is 1. The van der Waals surface area contributed by atoms with E-state index in [-0.39, 0.29) is 5.97 Å². The Morgan fingerprint density at radius 1 is 1.38 bits per heavy atom. The zero-order valence-electron chi connectivity index (χ0n) is 9.19. The van der Waals surface area contributed by atoms with Crippen LogP contribution in [0.2, 0.25) is 0 Å². The first kappa shape index (κ1) is 10.7. The number of esters is 1. The Morgan fingerprint density at radius 3 is 2.69 bits per heavy atom. The lowest BCUT2D eigenvalue weighted by molar-refractivity contribution is 0.0601. The Morgan fingerprint density at radius 2 is 2.12 bits per heavy atom. The summed E-state index contributed by atoms with van der Waals surface area (Å²) in [4.78, 5) is 15.6. The number of amidine groups is 1. The number of benzene rings is 1. The van der Waals surface area contributed by atoms with Crippen LogP contribution in [-0.4, -0.2) is 32.0 Å². The molecule has 0 spiro atoms. The van der Waals surface area contributed by atoms with E-state index in [9.17, 15) is 4.79 Å². The van der Waals surface area contributed by atoms with Crippen molar-refractivity contribution >= 4 is 11.8 Å². The monoisotopic (exact) mass is 218 g/mol. The lowest BCUT2D eigenvalue weighted by atomic mass is 10.1. The highest BCUT2D eigenvalue weighted by molar-refractivity contribution is 6.00. The highest BCUT2D eigenvalue weighted by Gasteiger charge is 2.09. The maximum absolute atomic E-state index is 11.2. The van der Waals surface area contributed by atoms with E-state index in [0.717, 1.165) is 30.9 Å². The van der Waals surface area contributed by atoms with E-state index in [4.69, 9.17) is 0 Å². The topological polar surface area (TPSA) is 50.7 Å². The summed E-state index contributed by atoms with van der Waals surface area (Å²) in [5, 5.41) is 3.23. The summed E-state index contributed by atoms with van der Waals surface area (Å²) in [6, 6.07) is 7.26. The van der Waals surface area contributed by atoms with Gasteiger partial charge in [-0.15, -0.1) is 0 Å². The Hall–Kier alpha value is -1.84. The van der Waals surface area contributed by atoms with Gasteiger partial charge in [-0.05, 0) is 18.6 Å². The fourth-order valence-corrected chi connectivity index (χ4v) is 1.61. The second-order valence-corrected chi connectivity index (χ2v) is 3.58. The van der Waals surface area contributed by atoms with Gasteiger partial charge in [0.2, 0.25) is 0 Å². The van der Waals surface area contributed by atoms with Crippen molar-refractivity contribution in [3.63, 3.8) is 0 Å². The van der Waals surface area contributed by atoms with Crippen molar-refractivity contribution in [2.45, 2.75) is 6.42 Å². The van der Waals surface area contributed by atoms with Gasteiger partial charge in [0.15, 0.2) is 0 Å². The number of ether oxygens (including phenoxy) is 1. The first-order valence-corrected chi connectivity index (χ1v) is 5.28. The number of rotatable bonds is 2. The molecule has 0 aliphatic carbocycles. The Labute approximate surface area is 94.3 Å². The standard InChI is InChI=1S/C12H14N2O2/c1-16-12(15)10-5-3-9(4-6-10)11-13-7-2-8-14-11/h3-6H,2,7-8H2,1H3,(H,13,14). The van der Waals surface area contributed by atoms with Gasteiger partial charge < -0.3 is 10.1 Å². The van der Waals surface area contributed by atoms with Crippen LogP contribution in [0.5, 0.6) is 0 Å². The molecule has 1 aromatic rings. The number of hydrogen-bond acceptors (Lipinski definition) is 4. The molecule has 0 amide bonds. The number of aliphatic imine (C=N–C) groups is 1. The molecule has 0 aromatic heterocycles. The molecule has 0 unspecified atom stereocenters. The third-order valence-corrected chi connectivity index (χ3v) is 2.48. The second-order valence-electron chi connectivity index (χ2n) is 3.58. The van der Waals surface area contributed by atoms with Crippen LogP contribution in [0, 0.1) is 0 Å². The predicted octanol–water partition coefficient (Wildman–Crippen LogP) is 1.21. The summed E-state index contributed by atoms with van der Waals surface area (Å²) in [5.74, 6) is 0.591. The van der Waals surface area contributed by atoms with Crippen molar-refractivity contribution in [2.24, 2.45) is 4.99 Å². The lowest BCUT2D eigenvalue weighted by Crippen LogP contribution is -2.30. The minimum Gasteiger partial charge on any atom is -0.465 e. The van der Waals surface area contributed by atoms with Crippen molar-refractivity contribution < 1.29 is 9.53 Å². The second kappa shape index (κ2) is 4.79. The highest BCUT2D eigenvalue weighted by Crippen LogP contribution is 2.07. The van der Waals surface area contributed by atoms with Gasteiger partial charge in [-0.1, -0.05) is 12.1 Å². The fraction of sp³-hybridized carbons (Fsp3) is 0.333. The maximum atomic E-state index is 11.2. The van der Waals surface area contributed by atoms with E-state index in [1.165, 1.54) is 7.11 Å². The van der Waals surface area contributed by atoms with E-state index < -0.39 is 0 Å². The SMILES string of the molecule is COC(=O)c1ccc(C2=NCCCN2)cc1. The summed E-state index contributed by atoms with van der Waals surface area (Å²) in [5.41, 5.74) is 1.56. The average molecular weight is 218 g/mol. The Bertz CT molecular complexity index is 410. The number of nitrogens with one attached hydrogen (secondary N) is 1. The molecule has 0 saturated carbocycles. The number of carbonyl (C=O) groups is 1. The van der Waals surface area contributed by atoms with E-state index >= 15 is 0 Å². The van der Waals surface area contributed by atoms with Gasteiger partial charge in [0.1, 0.15) is 5.84 Å². The quantitative estimate of drug-likeness (QED) is 0.759. The molecule has 1 N–H and O–H groups in total. The normalized spacial score (nSPS) is 14.9. The van der Waals surface area contributed by atoms with Crippen molar-refractivity contribution in [3.05, 3.63) is 35.4 Å². The van der Waals surface area contributed by atoms with Crippen molar-refractivity contribution in [1.29, 1.82) is 0 Å². The summed E-state index contributed by atoms with van der Waals surface area (Å²) < 4.78 is 4.64. The molecule has 0 bridgehead atoms. The highest BCUT2D eigenvalue weighted by atomic mass is 16.5.